The number of rotatable bonds is 4. The van der Waals surface area contributed by atoms with E-state index in [1.54, 1.807) is 11.3 Å². The van der Waals surface area contributed by atoms with Gasteiger partial charge in [-0.2, -0.15) is 0 Å². The normalized spacial score (nSPS) is 12.2. The molecular formula is C17H20ClNS. The molecule has 1 nitrogen and oxygen atoms in total. The van der Waals surface area contributed by atoms with Crippen LogP contribution in [0.3, 0.4) is 0 Å². The number of thiophene rings is 1. The quantitative estimate of drug-likeness (QED) is 0.789. The van der Waals surface area contributed by atoms with Gasteiger partial charge in [0.15, 0.2) is 0 Å². The summed E-state index contributed by atoms with van der Waals surface area (Å²) >= 11 is 7.98. The first kappa shape index (κ1) is 15.3. The molecule has 1 heterocycles. The summed E-state index contributed by atoms with van der Waals surface area (Å²) in [6, 6.07) is 12.2. The average molecular weight is 306 g/mol. The van der Waals surface area contributed by atoms with Crippen LogP contribution in [0, 0.1) is 0 Å². The maximum absolute atomic E-state index is 6.22. The number of hydrogen-bond donors (Lipinski definition) is 1. The van der Waals surface area contributed by atoms with Crippen molar-refractivity contribution in [1.82, 2.24) is 5.32 Å². The fourth-order valence-corrected chi connectivity index (χ4v) is 3.06. The van der Waals surface area contributed by atoms with Gasteiger partial charge in [0.05, 0.1) is 0 Å². The second kappa shape index (κ2) is 6.57. The Hall–Kier alpha value is -1.09. The van der Waals surface area contributed by atoms with Crippen LogP contribution in [0.15, 0.2) is 42.5 Å². The number of nitrogens with one attached hydrogen (secondary N) is 1. The van der Waals surface area contributed by atoms with Gasteiger partial charge in [-0.15, -0.1) is 11.3 Å². The molecule has 1 aromatic heterocycles. The standard InChI is InChI=1S/C17H20ClNS/c1-17(2,3)19-12-6-7-13-10-11-16(20-13)14-8-4-5-9-15(14)18/h4-11,19H,12H2,1-3H3. The van der Waals surface area contributed by atoms with Gasteiger partial charge in [-0.3, -0.25) is 0 Å². The Labute approximate surface area is 130 Å². The Morgan fingerprint density at radius 3 is 2.60 bits per heavy atom. The summed E-state index contributed by atoms with van der Waals surface area (Å²) < 4.78 is 0. The molecule has 0 spiro atoms. The van der Waals surface area contributed by atoms with Crippen molar-refractivity contribution in [3.05, 3.63) is 52.4 Å². The van der Waals surface area contributed by atoms with Crippen molar-refractivity contribution in [2.75, 3.05) is 6.54 Å². The summed E-state index contributed by atoms with van der Waals surface area (Å²) in [5, 5.41) is 4.24. The summed E-state index contributed by atoms with van der Waals surface area (Å²) in [6.45, 7) is 7.38. The van der Waals surface area contributed by atoms with Crippen LogP contribution in [0.1, 0.15) is 25.6 Å². The third kappa shape index (κ3) is 4.48. The third-order valence-corrected chi connectivity index (χ3v) is 4.21. The van der Waals surface area contributed by atoms with Crippen molar-refractivity contribution >= 4 is 29.0 Å². The Kier molecular flexibility index (Phi) is 5.03. The summed E-state index contributed by atoms with van der Waals surface area (Å²) in [4.78, 5) is 2.45. The fourth-order valence-electron chi connectivity index (χ4n) is 1.79. The van der Waals surface area contributed by atoms with E-state index in [9.17, 15) is 0 Å². The maximum atomic E-state index is 6.22. The molecule has 0 amide bonds. The van der Waals surface area contributed by atoms with E-state index >= 15 is 0 Å². The van der Waals surface area contributed by atoms with Gasteiger partial charge in [0.1, 0.15) is 0 Å². The molecule has 106 valence electrons. The van der Waals surface area contributed by atoms with Crippen LogP contribution >= 0.6 is 22.9 Å². The first-order valence-corrected chi connectivity index (χ1v) is 7.91. The monoisotopic (exact) mass is 305 g/mol. The highest BCUT2D eigenvalue weighted by atomic mass is 35.5. The van der Waals surface area contributed by atoms with E-state index in [0.29, 0.717) is 0 Å². The number of halogens is 1. The molecule has 0 saturated carbocycles. The molecule has 0 bridgehead atoms. The van der Waals surface area contributed by atoms with Gasteiger partial charge in [-0.05, 0) is 45.0 Å². The molecule has 20 heavy (non-hydrogen) atoms. The Morgan fingerprint density at radius 1 is 1.15 bits per heavy atom. The van der Waals surface area contributed by atoms with E-state index in [1.165, 1.54) is 9.75 Å². The molecule has 0 aliphatic rings. The van der Waals surface area contributed by atoms with Crippen molar-refractivity contribution in [1.29, 1.82) is 0 Å². The minimum absolute atomic E-state index is 0.155. The van der Waals surface area contributed by atoms with Crippen molar-refractivity contribution < 1.29 is 0 Å². The van der Waals surface area contributed by atoms with Gasteiger partial charge in [0, 0.05) is 32.4 Å². The Morgan fingerprint density at radius 2 is 1.90 bits per heavy atom. The predicted molar refractivity (Wildman–Crippen MR) is 91.6 cm³/mol. The van der Waals surface area contributed by atoms with Crippen LogP contribution in [0.25, 0.3) is 16.5 Å². The lowest BCUT2D eigenvalue weighted by atomic mass is 10.1. The highest BCUT2D eigenvalue weighted by Crippen LogP contribution is 2.33. The SMILES string of the molecule is CC(C)(C)NCC=Cc1ccc(-c2ccccc2Cl)s1. The van der Waals surface area contributed by atoms with E-state index in [2.05, 4.69) is 56.4 Å². The van der Waals surface area contributed by atoms with Crippen LogP contribution in [-0.2, 0) is 0 Å². The van der Waals surface area contributed by atoms with Crippen LogP contribution in [-0.4, -0.2) is 12.1 Å². The Bertz CT molecular complexity index is 593. The Balaban J connectivity index is 2.03. The molecule has 2 rings (SSSR count). The van der Waals surface area contributed by atoms with Crippen molar-refractivity contribution in [2.45, 2.75) is 26.3 Å². The lowest BCUT2D eigenvalue weighted by Crippen LogP contribution is -2.35. The van der Waals surface area contributed by atoms with Crippen LogP contribution in [0.2, 0.25) is 5.02 Å². The van der Waals surface area contributed by atoms with E-state index in [1.807, 2.05) is 18.2 Å². The van der Waals surface area contributed by atoms with Crippen LogP contribution < -0.4 is 5.32 Å². The summed E-state index contributed by atoms with van der Waals surface area (Å²) in [6.07, 6.45) is 4.32. The fraction of sp³-hybridized carbons (Fsp3) is 0.294. The minimum atomic E-state index is 0.155. The summed E-state index contributed by atoms with van der Waals surface area (Å²) in [5.74, 6) is 0. The van der Waals surface area contributed by atoms with Gasteiger partial charge in [0.25, 0.3) is 0 Å². The van der Waals surface area contributed by atoms with Crippen molar-refractivity contribution in [3.63, 3.8) is 0 Å². The van der Waals surface area contributed by atoms with Crippen LogP contribution in [0.4, 0.5) is 0 Å². The lowest BCUT2D eigenvalue weighted by Gasteiger charge is -2.18. The lowest BCUT2D eigenvalue weighted by molar-refractivity contribution is 0.450. The van der Waals surface area contributed by atoms with Crippen molar-refractivity contribution in [2.24, 2.45) is 0 Å². The molecule has 1 aromatic carbocycles. The zero-order valence-corrected chi connectivity index (χ0v) is 13.7. The van der Waals surface area contributed by atoms with Gasteiger partial charge in [0.2, 0.25) is 0 Å². The second-order valence-corrected chi connectivity index (χ2v) is 7.24. The molecule has 0 aliphatic heterocycles. The molecule has 2 aromatic rings. The van der Waals surface area contributed by atoms with Gasteiger partial charge in [-0.25, -0.2) is 0 Å². The molecule has 0 aliphatic carbocycles. The molecule has 3 heteroatoms. The number of benzene rings is 1. The van der Waals surface area contributed by atoms with E-state index < -0.39 is 0 Å². The second-order valence-electron chi connectivity index (χ2n) is 5.72. The highest BCUT2D eigenvalue weighted by Gasteiger charge is 2.06. The summed E-state index contributed by atoms with van der Waals surface area (Å²) in [7, 11) is 0. The molecule has 0 unspecified atom stereocenters. The molecule has 0 saturated heterocycles. The number of hydrogen-bond acceptors (Lipinski definition) is 2. The zero-order chi connectivity index (χ0) is 14.6. The third-order valence-electron chi connectivity index (χ3n) is 2.80. The predicted octanol–water partition coefficient (Wildman–Crippen LogP) is 5.47. The smallest absolute Gasteiger partial charge is 0.0492 e. The summed E-state index contributed by atoms with van der Waals surface area (Å²) in [5.41, 5.74) is 1.26. The maximum Gasteiger partial charge on any atom is 0.0492 e. The van der Waals surface area contributed by atoms with Gasteiger partial charge in [-0.1, -0.05) is 35.9 Å². The minimum Gasteiger partial charge on any atom is -0.309 e. The molecule has 1 N–H and O–H groups in total. The highest BCUT2D eigenvalue weighted by molar-refractivity contribution is 7.16. The van der Waals surface area contributed by atoms with Crippen LogP contribution in [0.5, 0.6) is 0 Å². The largest absolute Gasteiger partial charge is 0.309 e. The topological polar surface area (TPSA) is 12.0 Å². The van der Waals surface area contributed by atoms with Gasteiger partial charge < -0.3 is 5.32 Å². The van der Waals surface area contributed by atoms with Gasteiger partial charge >= 0.3 is 0 Å². The molecule has 0 atom stereocenters. The molecule has 0 radical (unpaired) electrons. The molecular weight excluding hydrogens is 286 g/mol. The first-order chi connectivity index (χ1) is 9.46. The zero-order valence-electron chi connectivity index (χ0n) is 12.1. The van der Waals surface area contributed by atoms with Crippen molar-refractivity contribution in [3.8, 4) is 10.4 Å². The van der Waals surface area contributed by atoms with E-state index in [4.69, 9.17) is 11.6 Å². The van der Waals surface area contributed by atoms with E-state index in [-0.39, 0.29) is 5.54 Å². The average Bonchev–Trinajstić information content (AvgIpc) is 2.83. The van der Waals surface area contributed by atoms with E-state index in [0.717, 1.165) is 17.1 Å². The molecule has 0 fully saturated rings. The first-order valence-electron chi connectivity index (χ1n) is 6.72.